The van der Waals surface area contributed by atoms with E-state index < -0.39 is 21.1 Å². The van der Waals surface area contributed by atoms with Gasteiger partial charge < -0.3 is 0 Å². The lowest BCUT2D eigenvalue weighted by atomic mass is 10.2. The minimum absolute atomic E-state index is 0.0903. The fourth-order valence-electron chi connectivity index (χ4n) is 1.16. The molecule has 0 amide bonds. The van der Waals surface area contributed by atoms with E-state index in [4.69, 9.17) is 0 Å². The molecule has 1 N–H and O–H groups in total. The Balaban J connectivity index is 2.90. The van der Waals surface area contributed by atoms with Crippen LogP contribution in [0.25, 0.3) is 10.9 Å². The number of hydrogen-bond acceptors (Lipinski definition) is 3. The Morgan fingerprint density at radius 1 is 1.36 bits per heavy atom. The summed E-state index contributed by atoms with van der Waals surface area (Å²) in [5.41, 5.74) is -0.191. The van der Waals surface area contributed by atoms with Crippen molar-refractivity contribution in [1.29, 1.82) is 0 Å². The highest BCUT2D eigenvalue weighted by Gasteiger charge is 2.20. The van der Waals surface area contributed by atoms with Gasteiger partial charge in [0, 0.05) is 5.39 Å². The third kappa shape index (κ3) is 1.25. The maximum atomic E-state index is 13.0. The fourth-order valence-corrected chi connectivity index (χ4v) is 1.75. The van der Waals surface area contributed by atoms with Gasteiger partial charge in [0.1, 0.15) is 5.52 Å². The van der Waals surface area contributed by atoms with Crippen molar-refractivity contribution in [1.82, 2.24) is 10.2 Å². The molecule has 2 rings (SSSR count). The SMILES string of the molecule is O=S(=O)(F)c1[nH]nc2c(F)cccc12. The number of hydrogen-bond donors (Lipinski definition) is 1. The second kappa shape index (κ2) is 2.74. The quantitative estimate of drug-likeness (QED) is 0.735. The zero-order chi connectivity index (χ0) is 10.3. The van der Waals surface area contributed by atoms with Crippen molar-refractivity contribution in [3.63, 3.8) is 0 Å². The van der Waals surface area contributed by atoms with Crippen LogP contribution >= 0.6 is 0 Å². The van der Waals surface area contributed by atoms with E-state index in [1.54, 1.807) is 0 Å². The molecule has 1 aromatic heterocycles. The molecule has 0 aliphatic carbocycles. The predicted octanol–water partition coefficient (Wildman–Crippen LogP) is 1.36. The molecule has 1 heterocycles. The van der Waals surface area contributed by atoms with Gasteiger partial charge in [-0.2, -0.15) is 13.5 Å². The number of halogens is 2. The van der Waals surface area contributed by atoms with E-state index >= 15 is 0 Å². The van der Waals surface area contributed by atoms with Crippen LogP contribution in [0, 0.1) is 5.82 Å². The first kappa shape index (κ1) is 9.07. The molecule has 0 saturated carbocycles. The van der Waals surface area contributed by atoms with Gasteiger partial charge in [-0.3, -0.25) is 5.10 Å². The molecular weight excluding hydrogens is 214 g/mol. The van der Waals surface area contributed by atoms with Crippen LogP contribution in [-0.2, 0) is 10.2 Å². The summed E-state index contributed by atoms with van der Waals surface area (Å²) in [5, 5.41) is 4.50. The van der Waals surface area contributed by atoms with Crippen LogP contribution in [0.5, 0.6) is 0 Å². The monoisotopic (exact) mass is 218 g/mol. The van der Waals surface area contributed by atoms with Gasteiger partial charge in [0.2, 0.25) is 0 Å². The summed E-state index contributed by atoms with van der Waals surface area (Å²) in [5.74, 6) is -0.700. The Bertz CT molecular complexity index is 591. The average Bonchev–Trinajstić information content (AvgIpc) is 2.47. The number of nitrogens with zero attached hydrogens (tertiary/aromatic N) is 1. The van der Waals surface area contributed by atoms with Gasteiger partial charge in [-0.05, 0) is 12.1 Å². The van der Waals surface area contributed by atoms with Crippen molar-refractivity contribution in [3.8, 4) is 0 Å². The van der Waals surface area contributed by atoms with E-state index in [0.29, 0.717) is 0 Å². The van der Waals surface area contributed by atoms with Crippen molar-refractivity contribution in [2.24, 2.45) is 0 Å². The van der Waals surface area contributed by atoms with Crippen LogP contribution in [0.1, 0.15) is 0 Å². The summed E-state index contributed by atoms with van der Waals surface area (Å²) in [6.45, 7) is 0. The molecule has 0 fully saturated rings. The van der Waals surface area contributed by atoms with E-state index in [9.17, 15) is 16.7 Å². The number of rotatable bonds is 1. The molecule has 0 spiro atoms. The molecule has 0 aliphatic rings. The number of aromatic nitrogens is 2. The number of nitrogens with one attached hydrogen (secondary N) is 1. The highest BCUT2D eigenvalue weighted by molar-refractivity contribution is 7.86. The molecule has 0 aliphatic heterocycles. The van der Waals surface area contributed by atoms with Crippen molar-refractivity contribution in [2.75, 3.05) is 0 Å². The smallest absolute Gasteiger partial charge is 0.264 e. The zero-order valence-electron chi connectivity index (χ0n) is 6.66. The lowest BCUT2D eigenvalue weighted by Crippen LogP contribution is -1.92. The lowest BCUT2D eigenvalue weighted by molar-refractivity contribution is 0.548. The van der Waals surface area contributed by atoms with Gasteiger partial charge in [0.05, 0.1) is 0 Å². The maximum Gasteiger partial charge on any atom is 0.349 e. The minimum Gasteiger partial charge on any atom is -0.264 e. The molecule has 74 valence electrons. The van der Waals surface area contributed by atoms with E-state index in [-0.39, 0.29) is 10.9 Å². The van der Waals surface area contributed by atoms with Crippen molar-refractivity contribution < 1.29 is 16.7 Å². The van der Waals surface area contributed by atoms with Crippen LogP contribution in [-0.4, -0.2) is 18.6 Å². The van der Waals surface area contributed by atoms with Gasteiger partial charge >= 0.3 is 10.2 Å². The van der Waals surface area contributed by atoms with Crippen molar-refractivity contribution in [3.05, 3.63) is 24.0 Å². The Kier molecular flexibility index (Phi) is 1.78. The molecule has 14 heavy (non-hydrogen) atoms. The third-order valence-electron chi connectivity index (χ3n) is 1.74. The number of benzene rings is 1. The van der Waals surface area contributed by atoms with Gasteiger partial charge in [0.25, 0.3) is 0 Å². The molecule has 0 atom stereocenters. The number of fused-ring (bicyclic) bond motifs is 1. The van der Waals surface area contributed by atoms with E-state index in [1.165, 1.54) is 12.1 Å². The first-order valence-electron chi connectivity index (χ1n) is 3.57. The lowest BCUT2D eigenvalue weighted by Gasteiger charge is -1.90. The van der Waals surface area contributed by atoms with E-state index in [2.05, 4.69) is 5.10 Å². The van der Waals surface area contributed by atoms with Crippen LogP contribution < -0.4 is 0 Å². The molecule has 0 radical (unpaired) electrons. The first-order chi connectivity index (χ1) is 6.50. The third-order valence-corrected chi connectivity index (χ3v) is 2.54. The van der Waals surface area contributed by atoms with Gasteiger partial charge in [0.15, 0.2) is 10.8 Å². The minimum atomic E-state index is -4.89. The van der Waals surface area contributed by atoms with Crippen molar-refractivity contribution in [2.45, 2.75) is 5.03 Å². The Morgan fingerprint density at radius 3 is 2.71 bits per heavy atom. The summed E-state index contributed by atoms with van der Waals surface area (Å²) in [6.07, 6.45) is 0. The summed E-state index contributed by atoms with van der Waals surface area (Å²) in [6, 6.07) is 3.66. The Hall–Kier alpha value is -1.50. The normalized spacial score (nSPS) is 12.1. The topological polar surface area (TPSA) is 62.8 Å². The second-order valence-electron chi connectivity index (χ2n) is 2.63. The van der Waals surface area contributed by atoms with Gasteiger partial charge in [-0.25, -0.2) is 4.39 Å². The molecule has 1 aromatic carbocycles. The number of para-hydroxylation sites is 1. The summed E-state index contributed by atoms with van der Waals surface area (Å²) in [7, 11) is -4.89. The molecule has 7 heteroatoms. The molecule has 0 saturated heterocycles. The Morgan fingerprint density at radius 2 is 2.07 bits per heavy atom. The van der Waals surface area contributed by atoms with Crippen LogP contribution in [0.2, 0.25) is 0 Å². The van der Waals surface area contributed by atoms with E-state index in [0.717, 1.165) is 6.07 Å². The molecule has 4 nitrogen and oxygen atoms in total. The molecule has 0 bridgehead atoms. The highest BCUT2D eigenvalue weighted by atomic mass is 32.3. The predicted molar refractivity (Wildman–Crippen MR) is 44.3 cm³/mol. The van der Waals surface area contributed by atoms with Crippen LogP contribution in [0.4, 0.5) is 8.28 Å². The van der Waals surface area contributed by atoms with Gasteiger partial charge in [-0.15, -0.1) is 0 Å². The zero-order valence-corrected chi connectivity index (χ0v) is 7.48. The molecular formula is C7H4F2N2O2S. The number of aromatic amines is 1. The maximum absolute atomic E-state index is 13.0. The van der Waals surface area contributed by atoms with Crippen LogP contribution in [0.3, 0.4) is 0 Å². The van der Waals surface area contributed by atoms with E-state index in [1.807, 2.05) is 5.10 Å². The first-order valence-corrected chi connectivity index (χ1v) is 4.96. The number of H-pyrrole nitrogens is 1. The standard InChI is InChI=1S/C7H4F2N2O2S/c8-5-3-1-2-4-6(5)10-11-7(4)14(9,12)13/h1-3H,(H,10,11). The largest absolute Gasteiger partial charge is 0.349 e. The summed E-state index contributed by atoms with van der Waals surface area (Å²) >= 11 is 0. The molecule has 2 aromatic rings. The molecule has 0 unspecified atom stereocenters. The highest BCUT2D eigenvalue weighted by Crippen LogP contribution is 2.23. The fraction of sp³-hybridized carbons (Fsp3) is 0. The van der Waals surface area contributed by atoms with Gasteiger partial charge in [-0.1, -0.05) is 9.95 Å². The average molecular weight is 218 g/mol. The summed E-state index contributed by atoms with van der Waals surface area (Å²) in [4.78, 5) is 0. The summed E-state index contributed by atoms with van der Waals surface area (Å²) < 4.78 is 46.7. The van der Waals surface area contributed by atoms with Crippen LogP contribution in [0.15, 0.2) is 23.2 Å². The van der Waals surface area contributed by atoms with Crippen molar-refractivity contribution >= 4 is 21.1 Å². The Labute approximate surface area is 77.8 Å². The second-order valence-corrected chi connectivity index (χ2v) is 3.91.